The van der Waals surface area contributed by atoms with Crippen molar-refractivity contribution in [3.05, 3.63) is 59.4 Å². The molecule has 0 unspecified atom stereocenters. The smallest absolute Gasteiger partial charge is 0.262 e. The lowest BCUT2D eigenvalue weighted by Crippen LogP contribution is -2.14. The molecule has 1 aliphatic carbocycles. The highest BCUT2D eigenvalue weighted by Crippen LogP contribution is 2.35. The first-order valence-electron chi connectivity index (χ1n) is 8.57. The maximum atomic E-state index is 12.7. The van der Waals surface area contributed by atoms with Crippen molar-refractivity contribution >= 4 is 26.7 Å². The van der Waals surface area contributed by atoms with E-state index in [9.17, 15) is 8.42 Å². The molecule has 0 saturated heterocycles. The number of hydrogen-bond acceptors (Lipinski definition) is 3. The zero-order chi connectivity index (χ0) is 17.6. The number of hydrogen-bond donors (Lipinski definition) is 1. The first kappa shape index (κ1) is 16.2. The lowest BCUT2D eigenvalue weighted by Gasteiger charge is -2.16. The van der Waals surface area contributed by atoms with Gasteiger partial charge in [0.15, 0.2) is 0 Å². The van der Waals surface area contributed by atoms with Gasteiger partial charge in [-0.2, -0.15) is 0 Å². The van der Waals surface area contributed by atoms with E-state index >= 15 is 0 Å². The van der Waals surface area contributed by atoms with Gasteiger partial charge in [0.05, 0.1) is 4.90 Å². The lowest BCUT2D eigenvalue weighted by molar-refractivity contribution is 0.438. The fraction of sp³-hybridized carbons (Fsp3) is 0.300. The van der Waals surface area contributed by atoms with E-state index in [1.165, 1.54) is 5.56 Å². The van der Waals surface area contributed by atoms with Crippen LogP contribution < -0.4 is 4.72 Å². The Morgan fingerprint density at radius 1 is 1.16 bits per heavy atom. The number of anilines is 1. The van der Waals surface area contributed by atoms with Gasteiger partial charge in [0.25, 0.3) is 10.0 Å². The Labute approximate surface area is 147 Å². The van der Waals surface area contributed by atoms with Gasteiger partial charge in [-0.1, -0.05) is 25.1 Å². The quantitative estimate of drug-likeness (QED) is 0.743. The van der Waals surface area contributed by atoms with Gasteiger partial charge in [-0.25, -0.2) is 8.42 Å². The zero-order valence-electron chi connectivity index (χ0n) is 14.4. The van der Waals surface area contributed by atoms with Crippen molar-refractivity contribution in [3.63, 3.8) is 0 Å². The van der Waals surface area contributed by atoms with Gasteiger partial charge < -0.3 is 4.42 Å². The molecule has 1 heterocycles. The van der Waals surface area contributed by atoms with E-state index in [1.807, 2.05) is 18.2 Å². The van der Waals surface area contributed by atoms with Crippen molar-refractivity contribution in [1.82, 2.24) is 0 Å². The fourth-order valence-corrected chi connectivity index (χ4v) is 4.88. The number of nitrogens with one attached hydrogen (secondary N) is 1. The molecule has 130 valence electrons. The second-order valence-electron chi connectivity index (χ2n) is 6.93. The Kier molecular flexibility index (Phi) is 3.84. The molecule has 1 aliphatic rings. The molecule has 25 heavy (non-hydrogen) atoms. The maximum Gasteiger partial charge on any atom is 0.262 e. The SMILES string of the molecule is Cc1ccccc1S(=O)(=O)Nc1ccc2oc3c(c2c1)C[C@H](C)CC3. The highest BCUT2D eigenvalue weighted by molar-refractivity contribution is 7.92. The van der Waals surface area contributed by atoms with Gasteiger partial charge >= 0.3 is 0 Å². The van der Waals surface area contributed by atoms with E-state index in [-0.39, 0.29) is 0 Å². The Morgan fingerprint density at radius 3 is 2.76 bits per heavy atom. The monoisotopic (exact) mass is 355 g/mol. The van der Waals surface area contributed by atoms with Crippen LogP contribution in [0.4, 0.5) is 5.69 Å². The molecule has 4 rings (SSSR count). The highest BCUT2D eigenvalue weighted by Gasteiger charge is 2.23. The Morgan fingerprint density at radius 2 is 1.96 bits per heavy atom. The van der Waals surface area contributed by atoms with E-state index in [0.717, 1.165) is 41.6 Å². The Hall–Kier alpha value is -2.27. The summed E-state index contributed by atoms with van der Waals surface area (Å²) in [5, 5.41) is 1.02. The van der Waals surface area contributed by atoms with Gasteiger partial charge in [-0.3, -0.25) is 4.72 Å². The van der Waals surface area contributed by atoms with Crippen LogP contribution in [0.25, 0.3) is 11.0 Å². The first-order chi connectivity index (χ1) is 11.9. The van der Waals surface area contributed by atoms with E-state index < -0.39 is 10.0 Å². The van der Waals surface area contributed by atoms with Crippen LogP contribution in [0.2, 0.25) is 0 Å². The molecule has 4 nitrogen and oxygen atoms in total. The number of furan rings is 1. The summed E-state index contributed by atoms with van der Waals surface area (Å²) in [5.74, 6) is 1.67. The molecular formula is C20H21NO3S. The molecule has 3 aromatic rings. The van der Waals surface area contributed by atoms with Crippen molar-refractivity contribution in [2.75, 3.05) is 4.72 Å². The van der Waals surface area contributed by atoms with Gasteiger partial charge in [-0.05, 0) is 55.5 Å². The van der Waals surface area contributed by atoms with E-state index in [1.54, 1.807) is 31.2 Å². The van der Waals surface area contributed by atoms with E-state index in [0.29, 0.717) is 16.5 Å². The largest absolute Gasteiger partial charge is 0.461 e. The summed E-state index contributed by atoms with van der Waals surface area (Å²) < 4.78 is 34.1. The normalized spacial score (nSPS) is 17.4. The minimum atomic E-state index is -3.61. The van der Waals surface area contributed by atoms with Crippen LogP contribution in [0.1, 0.15) is 30.2 Å². The van der Waals surface area contributed by atoms with Crippen molar-refractivity contribution in [2.24, 2.45) is 5.92 Å². The van der Waals surface area contributed by atoms with Crippen molar-refractivity contribution in [1.29, 1.82) is 0 Å². The molecule has 0 spiro atoms. The third-order valence-electron chi connectivity index (χ3n) is 4.93. The van der Waals surface area contributed by atoms with Crippen LogP contribution >= 0.6 is 0 Å². The van der Waals surface area contributed by atoms with E-state index in [2.05, 4.69) is 11.6 Å². The van der Waals surface area contributed by atoms with Crippen molar-refractivity contribution < 1.29 is 12.8 Å². The molecule has 0 radical (unpaired) electrons. The summed E-state index contributed by atoms with van der Waals surface area (Å²) >= 11 is 0. The number of fused-ring (bicyclic) bond motifs is 3. The van der Waals surface area contributed by atoms with Crippen LogP contribution in [-0.2, 0) is 22.9 Å². The first-order valence-corrected chi connectivity index (χ1v) is 10.0. The van der Waals surface area contributed by atoms with E-state index in [4.69, 9.17) is 4.42 Å². The predicted octanol–water partition coefficient (Wildman–Crippen LogP) is 4.67. The second kappa shape index (κ2) is 5.92. The average molecular weight is 355 g/mol. The van der Waals surface area contributed by atoms with Crippen LogP contribution in [0.5, 0.6) is 0 Å². The Balaban J connectivity index is 1.73. The van der Waals surface area contributed by atoms with Crippen LogP contribution in [-0.4, -0.2) is 8.42 Å². The summed E-state index contributed by atoms with van der Waals surface area (Å²) in [6.45, 7) is 4.04. The second-order valence-corrected chi connectivity index (χ2v) is 8.58. The molecule has 0 fully saturated rings. The number of aryl methyl sites for hydroxylation is 2. The predicted molar refractivity (Wildman–Crippen MR) is 99.4 cm³/mol. The Bertz CT molecular complexity index is 1050. The summed E-state index contributed by atoms with van der Waals surface area (Å²) in [7, 11) is -3.61. The molecule has 1 aromatic heterocycles. The standard InChI is InChI=1S/C20H21NO3S/c1-13-7-9-18-16(11-13)17-12-15(8-10-19(17)24-18)21-25(22,23)20-6-4-3-5-14(20)2/h3-6,8,10,12-13,21H,7,9,11H2,1-2H3/t13-/m1/s1. The third kappa shape index (κ3) is 2.93. The topological polar surface area (TPSA) is 59.3 Å². The summed E-state index contributed by atoms with van der Waals surface area (Å²) in [6.07, 6.45) is 3.07. The summed E-state index contributed by atoms with van der Waals surface area (Å²) in [4.78, 5) is 0.304. The molecular weight excluding hydrogens is 334 g/mol. The number of benzene rings is 2. The van der Waals surface area contributed by atoms with Gasteiger partial charge in [0.2, 0.25) is 0 Å². The average Bonchev–Trinajstić information content (AvgIpc) is 2.92. The van der Waals surface area contributed by atoms with Gasteiger partial charge in [0, 0.05) is 23.1 Å². The molecule has 0 saturated carbocycles. The molecule has 0 amide bonds. The summed E-state index contributed by atoms with van der Waals surface area (Å²) in [5.41, 5.74) is 3.35. The third-order valence-corrected chi connectivity index (χ3v) is 6.47. The molecule has 0 aliphatic heterocycles. The number of rotatable bonds is 3. The molecule has 0 bridgehead atoms. The van der Waals surface area contributed by atoms with Crippen LogP contribution in [0.3, 0.4) is 0 Å². The van der Waals surface area contributed by atoms with Crippen molar-refractivity contribution in [2.45, 2.75) is 38.0 Å². The zero-order valence-corrected chi connectivity index (χ0v) is 15.2. The molecule has 1 N–H and O–H groups in total. The highest BCUT2D eigenvalue weighted by atomic mass is 32.2. The minimum absolute atomic E-state index is 0.304. The van der Waals surface area contributed by atoms with Gasteiger partial charge in [0.1, 0.15) is 11.3 Å². The molecule has 1 atom stereocenters. The summed E-state index contributed by atoms with van der Waals surface area (Å²) in [6, 6.07) is 12.5. The molecule has 2 aromatic carbocycles. The number of sulfonamides is 1. The van der Waals surface area contributed by atoms with Crippen LogP contribution in [0, 0.1) is 12.8 Å². The lowest BCUT2D eigenvalue weighted by atomic mass is 9.88. The molecule has 5 heteroatoms. The van der Waals surface area contributed by atoms with Crippen molar-refractivity contribution in [3.8, 4) is 0 Å². The fourth-order valence-electron chi connectivity index (χ4n) is 3.58. The van der Waals surface area contributed by atoms with Gasteiger partial charge in [-0.15, -0.1) is 0 Å². The minimum Gasteiger partial charge on any atom is -0.461 e. The van der Waals surface area contributed by atoms with Crippen LogP contribution in [0.15, 0.2) is 51.8 Å². The maximum absolute atomic E-state index is 12.7.